The minimum absolute atomic E-state index is 0.703. The molecule has 0 saturated carbocycles. The van der Waals surface area contributed by atoms with Crippen molar-refractivity contribution in [2.24, 2.45) is 0 Å². The highest BCUT2D eigenvalue weighted by Crippen LogP contribution is 2.32. The van der Waals surface area contributed by atoms with Gasteiger partial charge in [-0.05, 0) is 31.4 Å². The molecular formula is C16H22N2. The Balaban J connectivity index is 1.71. The predicted octanol–water partition coefficient (Wildman–Crippen LogP) is 3.24. The van der Waals surface area contributed by atoms with E-state index < -0.39 is 0 Å². The Kier molecular flexibility index (Phi) is 3.37. The average Bonchev–Trinajstić information content (AvgIpc) is 2.42. The van der Waals surface area contributed by atoms with E-state index in [1.807, 2.05) is 0 Å². The summed E-state index contributed by atoms with van der Waals surface area (Å²) in [5.41, 5.74) is 4.41. The van der Waals surface area contributed by atoms with Crippen molar-refractivity contribution in [1.29, 1.82) is 0 Å². The Morgan fingerprint density at radius 2 is 2.22 bits per heavy atom. The van der Waals surface area contributed by atoms with Crippen molar-refractivity contribution in [3.8, 4) is 0 Å². The molecule has 1 unspecified atom stereocenters. The van der Waals surface area contributed by atoms with Gasteiger partial charge < -0.3 is 5.32 Å². The number of anilines is 1. The van der Waals surface area contributed by atoms with Crippen molar-refractivity contribution in [2.45, 2.75) is 25.7 Å². The molecule has 1 aromatic carbocycles. The first kappa shape index (κ1) is 11.8. The second-order valence-electron chi connectivity index (χ2n) is 5.56. The first-order chi connectivity index (χ1) is 8.83. The minimum Gasteiger partial charge on any atom is -0.385 e. The van der Waals surface area contributed by atoms with Gasteiger partial charge in [-0.1, -0.05) is 29.8 Å². The molecule has 1 atom stereocenters. The van der Waals surface area contributed by atoms with Gasteiger partial charge in [-0.15, -0.1) is 0 Å². The SMILES string of the molecule is CC1=CCN(CC2CCNc3ccccc32)CC1. The lowest BCUT2D eigenvalue weighted by Gasteiger charge is -2.33. The summed E-state index contributed by atoms with van der Waals surface area (Å²) in [5.74, 6) is 0.703. The smallest absolute Gasteiger partial charge is 0.0376 e. The van der Waals surface area contributed by atoms with Crippen LogP contribution in [0.1, 0.15) is 31.2 Å². The minimum atomic E-state index is 0.703. The summed E-state index contributed by atoms with van der Waals surface area (Å²) in [4.78, 5) is 2.60. The van der Waals surface area contributed by atoms with Gasteiger partial charge in [0.15, 0.2) is 0 Å². The molecule has 0 amide bonds. The number of nitrogens with one attached hydrogen (secondary N) is 1. The molecule has 0 saturated heterocycles. The van der Waals surface area contributed by atoms with E-state index in [9.17, 15) is 0 Å². The largest absolute Gasteiger partial charge is 0.385 e. The molecule has 96 valence electrons. The van der Waals surface area contributed by atoms with Gasteiger partial charge in [-0.3, -0.25) is 4.90 Å². The number of benzene rings is 1. The van der Waals surface area contributed by atoms with E-state index in [1.54, 1.807) is 5.57 Å². The van der Waals surface area contributed by atoms with Gasteiger partial charge in [0.25, 0.3) is 0 Å². The zero-order valence-electron chi connectivity index (χ0n) is 11.2. The van der Waals surface area contributed by atoms with Crippen molar-refractivity contribution < 1.29 is 0 Å². The van der Waals surface area contributed by atoms with Crippen molar-refractivity contribution in [1.82, 2.24) is 4.90 Å². The summed E-state index contributed by atoms with van der Waals surface area (Å²) < 4.78 is 0. The van der Waals surface area contributed by atoms with Gasteiger partial charge in [0, 0.05) is 37.8 Å². The van der Waals surface area contributed by atoms with E-state index in [0.717, 1.165) is 13.1 Å². The Labute approximate surface area is 110 Å². The van der Waals surface area contributed by atoms with Gasteiger partial charge in [-0.2, -0.15) is 0 Å². The zero-order valence-corrected chi connectivity index (χ0v) is 11.2. The highest BCUT2D eigenvalue weighted by molar-refractivity contribution is 5.54. The van der Waals surface area contributed by atoms with Crippen molar-refractivity contribution in [3.05, 3.63) is 41.5 Å². The van der Waals surface area contributed by atoms with Crippen molar-refractivity contribution in [2.75, 3.05) is 31.5 Å². The Hall–Kier alpha value is -1.28. The number of fused-ring (bicyclic) bond motifs is 1. The maximum atomic E-state index is 3.51. The fourth-order valence-electron chi connectivity index (χ4n) is 3.03. The Morgan fingerprint density at radius 1 is 1.33 bits per heavy atom. The molecule has 0 aromatic heterocycles. The van der Waals surface area contributed by atoms with E-state index in [4.69, 9.17) is 0 Å². The van der Waals surface area contributed by atoms with Gasteiger partial charge in [-0.25, -0.2) is 0 Å². The monoisotopic (exact) mass is 242 g/mol. The highest BCUT2D eigenvalue weighted by atomic mass is 15.1. The van der Waals surface area contributed by atoms with Crippen LogP contribution >= 0.6 is 0 Å². The molecule has 2 heteroatoms. The van der Waals surface area contributed by atoms with Crippen LogP contribution in [0.15, 0.2) is 35.9 Å². The second-order valence-corrected chi connectivity index (χ2v) is 5.56. The Morgan fingerprint density at radius 3 is 3.06 bits per heavy atom. The highest BCUT2D eigenvalue weighted by Gasteiger charge is 2.22. The lowest BCUT2D eigenvalue weighted by Crippen LogP contribution is -2.34. The molecule has 1 aromatic rings. The van der Waals surface area contributed by atoms with Crippen LogP contribution in [0.3, 0.4) is 0 Å². The predicted molar refractivity (Wildman–Crippen MR) is 77.1 cm³/mol. The second kappa shape index (κ2) is 5.15. The Bertz CT molecular complexity index is 450. The van der Waals surface area contributed by atoms with Crippen LogP contribution in [0.4, 0.5) is 5.69 Å². The van der Waals surface area contributed by atoms with Gasteiger partial charge >= 0.3 is 0 Å². The van der Waals surface area contributed by atoms with E-state index in [-0.39, 0.29) is 0 Å². The number of rotatable bonds is 2. The first-order valence-electron chi connectivity index (χ1n) is 7.04. The zero-order chi connectivity index (χ0) is 12.4. The molecule has 18 heavy (non-hydrogen) atoms. The summed E-state index contributed by atoms with van der Waals surface area (Å²) in [6, 6.07) is 8.79. The summed E-state index contributed by atoms with van der Waals surface area (Å²) in [6.45, 7) is 6.94. The van der Waals surface area contributed by atoms with Crippen LogP contribution < -0.4 is 5.32 Å². The first-order valence-corrected chi connectivity index (χ1v) is 7.04. The average molecular weight is 242 g/mol. The molecule has 2 heterocycles. The van der Waals surface area contributed by atoms with E-state index >= 15 is 0 Å². The normalized spacial score (nSPS) is 24.1. The quantitative estimate of drug-likeness (QED) is 0.801. The number of hydrogen-bond acceptors (Lipinski definition) is 2. The van der Waals surface area contributed by atoms with Crippen LogP contribution in [0.25, 0.3) is 0 Å². The number of para-hydroxylation sites is 1. The van der Waals surface area contributed by atoms with Gasteiger partial charge in [0.2, 0.25) is 0 Å². The van der Waals surface area contributed by atoms with Crippen LogP contribution in [0.2, 0.25) is 0 Å². The van der Waals surface area contributed by atoms with E-state index in [2.05, 4.69) is 47.5 Å². The summed E-state index contributed by atoms with van der Waals surface area (Å²) in [5, 5.41) is 3.51. The summed E-state index contributed by atoms with van der Waals surface area (Å²) in [6.07, 6.45) is 4.89. The van der Waals surface area contributed by atoms with E-state index in [1.165, 1.54) is 37.2 Å². The molecular weight excluding hydrogens is 220 g/mol. The molecule has 0 radical (unpaired) electrons. The fourth-order valence-corrected chi connectivity index (χ4v) is 3.03. The molecule has 0 bridgehead atoms. The third-order valence-corrected chi connectivity index (χ3v) is 4.21. The third-order valence-electron chi connectivity index (χ3n) is 4.21. The molecule has 2 nitrogen and oxygen atoms in total. The maximum absolute atomic E-state index is 3.51. The lowest BCUT2D eigenvalue weighted by atomic mass is 9.90. The van der Waals surface area contributed by atoms with Crippen molar-refractivity contribution in [3.63, 3.8) is 0 Å². The molecule has 0 spiro atoms. The standard InChI is InChI=1S/C16H22N2/c1-13-7-10-18(11-8-13)12-14-6-9-17-16-5-3-2-4-15(14)16/h2-5,7,14,17H,6,8-12H2,1H3. The number of nitrogens with zero attached hydrogens (tertiary/aromatic N) is 1. The fraction of sp³-hybridized carbons (Fsp3) is 0.500. The van der Waals surface area contributed by atoms with Gasteiger partial charge in [0.05, 0.1) is 0 Å². The maximum Gasteiger partial charge on any atom is 0.0376 e. The van der Waals surface area contributed by atoms with Crippen LogP contribution in [0.5, 0.6) is 0 Å². The molecule has 0 fully saturated rings. The lowest BCUT2D eigenvalue weighted by molar-refractivity contribution is 0.270. The molecule has 0 aliphatic carbocycles. The number of hydrogen-bond donors (Lipinski definition) is 1. The molecule has 1 N–H and O–H groups in total. The van der Waals surface area contributed by atoms with Crippen molar-refractivity contribution >= 4 is 5.69 Å². The van der Waals surface area contributed by atoms with Crippen LogP contribution in [0, 0.1) is 0 Å². The van der Waals surface area contributed by atoms with Crippen LogP contribution in [-0.2, 0) is 0 Å². The molecule has 2 aliphatic rings. The van der Waals surface area contributed by atoms with Crippen LogP contribution in [-0.4, -0.2) is 31.1 Å². The molecule has 2 aliphatic heterocycles. The van der Waals surface area contributed by atoms with E-state index in [0.29, 0.717) is 5.92 Å². The topological polar surface area (TPSA) is 15.3 Å². The molecule has 3 rings (SSSR count). The summed E-state index contributed by atoms with van der Waals surface area (Å²) >= 11 is 0. The summed E-state index contributed by atoms with van der Waals surface area (Å²) in [7, 11) is 0. The third kappa shape index (κ3) is 2.44. The van der Waals surface area contributed by atoms with Gasteiger partial charge in [0.1, 0.15) is 0 Å².